The summed E-state index contributed by atoms with van der Waals surface area (Å²) < 4.78 is 5.12. The van der Waals surface area contributed by atoms with Crippen molar-refractivity contribution in [1.82, 2.24) is 10.5 Å². The number of aromatic nitrogens is 1. The molecule has 0 fully saturated rings. The van der Waals surface area contributed by atoms with Gasteiger partial charge in [0.25, 0.3) is 0 Å². The molecule has 2 unspecified atom stereocenters. The molecule has 1 N–H and O–H groups in total. The minimum atomic E-state index is -0.300. The minimum Gasteiger partial charge on any atom is -0.361 e. The number of halogens is 1. The van der Waals surface area contributed by atoms with Gasteiger partial charge in [-0.1, -0.05) is 28.9 Å². The van der Waals surface area contributed by atoms with Crippen LogP contribution in [0.5, 0.6) is 0 Å². The van der Waals surface area contributed by atoms with Gasteiger partial charge in [-0.15, -0.1) is 0 Å². The van der Waals surface area contributed by atoms with E-state index in [9.17, 15) is 4.79 Å². The Morgan fingerprint density at radius 1 is 1.24 bits per heavy atom. The molecule has 0 bridgehead atoms. The molecule has 2 atom stereocenters. The third kappa shape index (κ3) is 3.45. The van der Waals surface area contributed by atoms with E-state index in [4.69, 9.17) is 16.1 Å². The molecule has 0 aliphatic carbocycles. The summed E-state index contributed by atoms with van der Waals surface area (Å²) in [5.41, 5.74) is 2.63. The van der Waals surface area contributed by atoms with Gasteiger partial charge in [0, 0.05) is 10.6 Å². The predicted octanol–water partition coefficient (Wildman–Crippen LogP) is 3.93. The van der Waals surface area contributed by atoms with Crippen molar-refractivity contribution in [2.24, 2.45) is 0 Å². The van der Waals surface area contributed by atoms with Crippen LogP contribution in [0.3, 0.4) is 0 Å². The average molecular weight is 307 g/mol. The first-order valence-electron chi connectivity index (χ1n) is 6.88. The molecule has 4 nitrogen and oxygen atoms in total. The molecule has 1 amide bonds. The van der Waals surface area contributed by atoms with Crippen molar-refractivity contribution in [3.05, 3.63) is 51.9 Å². The molecule has 0 radical (unpaired) electrons. The van der Waals surface area contributed by atoms with Gasteiger partial charge in [0.1, 0.15) is 5.76 Å². The van der Waals surface area contributed by atoms with Crippen molar-refractivity contribution in [1.29, 1.82) is 0 Å². The van der Waals surface area contributed by atoms with Gasteiger partial charge < -0.3 is 9.84 Å². The summed E-state index contributed by atoms with van der Waals surface area (Å²) >= 11 is 5.87. The number of aryl methyl sites for hydroxylation is 2. The van der Waals surface area contributed by atoms with E-state index < -0.39 is 0 Å². The molecular weight excluding hydrogens is 288 g/mol. The van der Waals surface area contributed by atoms with Gasteiger partial charge in [-0.25, -0.2) is 0 Å². The van der Waals surface area contributed by atoms with Gasteiger partial charge in [0.15, 0.2) is 0 Å². The summed E-state index contributed by atoms with van der Waals surface area (Å²) in [5, 5.41) is 7.59. The van der Waals surface area contributed by atoms with E-state index in [0.717, 1.165) is 16.8 Å². The van der Waals surface area contributed by atoms with E-state index in [0.29, 0.717) is 10.8 Å². The zero-order chi connectivity index (χ0) is 15.6. The number of carbonyl (C=O) groups is 1. The fraction of sp³-hybridized carbons (Fsp3) is 0.375. The molecule has 112 valence electrons. The minimum absolute atomic E-state index is 0.0492. The molecule has 0 aliphatic rings. The van der Waals surface area contributed by atoms with Gasteiger partial charge in [0.05, 0.1) is 17.7 Å². The third-order valence-electron chi connectivity index (χ3n) is 3.64. The van der Waals surface area contributed by atoms with Gasteiger partial charge in [0.2, 0.25) is 5.91 Å². The van der Waals surface area contributed by atoms with Crippen molar-refractivity contribution in [3.8, 4) is 0 Å². The molecule has 1 aromatic heterocycles. The van der Waals surface area contributed by atoms with Crippen LogP contribution in [0, 0.1) is 13.8 Å². The Morgan fingerprint density at radius 2 is 1.86 bits per heavy atom. The SMILES string of the molecule is Cc1noc(C)c1C(C)C(=O)NC(C)c1ccc(Cl)cc1. The second-order valence-electron chi connectivity index (χ2n) is 5.24. The van der Waals surface area contributed by atoms with Gasteiger partial charge in [-0.3, -0.25) is 4.79 Å². The monoisotopic (exact) mass is 306 g/mol. The van der Waals surface area contributed by atoms with Gasteiger partial charge in [-0.2, -0.15) is 0 Å². The van der Waals surface area contributed by atoms with Crippen molar-refractivity contribution in [2.75, 3.05) is 0 Å². The number of rotatable bonds is 4. The van der Waals surface area contributed by atoms with Gasteiger partial charge >= 0.3 is 0 Å². The topological polar surface area (TPSA) is 55.1 Å². The highest BCUT2D eigenvalue weighted by Crippen LogP contribution is 2.24. The van der Waals surface area contributed by atoms with Crippen molar-refractivity contribution >= 4 is 17.5 Å². The van der Waals surface area contributed by atoms with Crippen LogP contribution in [0.1, 0.15) is 48.4 Å². The summed E-state index contributed by atoms with van der Waals surface area (Å²) in [6.07, 6.45) is 0. The summed E-state index contributed by atoms with van der Waals surface area (Å²) in [5.74, 6) is 0.340. The number of hydrogen-bond acceptors (Lipinski definition) is 3. The van der Waals surface area contributed by atoms with Crippen LogP contribution in [0.4, 0.5) is 0 Å². The molecule has 2 aromatic rings. The number of benzene rings is 1. The van der Waals surface area contributed by atoms with E-state index in [-0.39, 0.29) is 17.9 Å². The Kier molecular flexibility index (Phi) is 4.68. The fourth-order valence-electron chi connectivity index (χ4n) is 2.41. The molecule has 2 rings (SSSR count). The predicted molar refractivity (Wildman–Crippen MR) is 82.4 cm³/mol. The lowest BCUT2D eigenvalue weighted by molar-refractivity contribution is -0.122. The molecule has 21 heavy (non-hydrogen) atoms. The van der Waals surface area contributed by atoms with E-state index >= 15 is 0 Å². The van der Waals surface area contributed by atoms with E-state index in [1.54, 1.807) is 0 Å². The molecule has 0 spiro atoms. The molecular formula is C16H19ClN2O2. The largest absolute Gasteiger partial charge is 0.361 e. The Hall–Kier alpha value is -1.81. The fourth-order valence-corrected chi connectivity index (χ4v) is 2.54. The first kappa shape index (κ1) is 15.6. The molecule has 1 heterocycles. The maximum atomic E-state index is 12.4. The standard InChI is InChI=1S/C16H19ClN2O2/c1-9(15-11(3)19-21-12(15)4)16(20)18-10(2)13-5-7-14(17)8-6-13/h5-10H,1-4H3,(H,18,20). The Bertz CT molecular complexity index is 615. The number of hydrogen-bond donors (Lipinski definition) is 1. The highest BCUT2D eigenvalue weighted by molar-refractivity contribution is 6.30. The summed E-state index contributed by atoms with van der Waals surface area (Å²) in [6.45, 7) is 7.47. The third-order valence-corrected chi connectivity index (χ3v) is 3.90. The van der Waals surface area contributed by atoms with Crippen LogP contribution in [0.25, 0.3) is 0 Å². The van der Waals surface area contributed by atoms with Crippen molar-refractivity contribution in [3.63, 3.8) is 0 Å². The molecule has 1 aromatic carbocycles. The van der Waals surface area contributed by atoms with Crippen LogP contribution in [0.15, 0.2) is 28.8 Å². The lowest BCUT2D eigenvalue weighted by Crippen LogP contribution is -2.30. The number of amides is 1. The second kappa shape index (κ2) is 6.31. The number of nitrogens with zero attached hydrogens (tertiary/aromatic N) is 1. The quantitative estimate of drug-likeness (QED) is 0.931. The van der Waals surface area contributed by atoms with E-state index in [1.807, 2.05) is 52.0 Å². The molecule has 5 heteroatoms. The first-order valence-corrected chi connectivity index (χ1v) is 7.26. The van der Waals surface area contributed by atoms with Crippen LogP contribution >= 0.6 is 11.6 Å². The highest BCUT2D eigenvalue weighted by atomic mass is 35.5. The van der Waals surface area contributed by atoms with E-state index in [1.165, 1.54) is 0 Å². The van der Waals surface area contributed by atoms with Crippen molar-refractivity contribution in [2.45, 2.75) is 39.7 Å². The Labute approximate surface area is 129 Å². The number of nitrogens with one attached hydrogen (secondary N) is 1. The average Bonchev–Trinajstić information content (AvgIpc) is 2.78. The summed E-state index contributed by atoms with van der Waals surface area (Å²) in [4.78, 5) is 12.4. The lowest BCUT2D eigenvalue weighted by atomic mass is 9.98. The lowest BCUT2D eigenvalue weighted by Gasteiger charge is -2.18. The zero-order valence-electron chi connectivity index (χ0n) is 12.6. The Morgan fingerprint density at radius 3 is 2.38 bits per heavy atom. The summed E-state index contributed by atoms with van der Waals surface area (Å²) in [7, 11) is 0. The summed E-state index contributed by atoms with van der Waals surface area (Å²) in [6, 6.07) is 7.37. The van der Waals surface area contributed by atoms with Crippen molar-refractivity contribution < 1.29 is 9.32 Å². The zero-order valence-corrected chi connectivity index (χ0v) is 13.4. The molecule has 0 saturated carbocycles. The maximum absolute atomic E-state index is 12.4. The molecule has 0 saturated heterocycles. The van der Waals surface area contributed by atoms with Crippen LogP contribution in [-0.4, -0.2) is 11.1 Å². The normalized spacial score (nSPS) is 13.8. The van der Waals surface area contributed by atoms with Crippen LogP contribution < -0.4 is 5.32 Å². The van der Waals surface area contributed by atoms with Crippen LogP contribution in [-0.2, 0) is 4.79 Å². The molecule has 0 aliphatic heterocycles. The van der Waals surface area contributed by atoms with Crippen LogP contribution in [0.2, 0.25) is 5.02 Å². The maximum Gasteiger partial charge on any atom is 0.227 e. The number of carbonyl (C=O) groups excluding carboxylic acids is 1. The second-order valence-corrected chi connectivity index (χ2v) is 5.68. The highest BCUT2D eigenvalue weighted by Gasteiger charge is 2.24. The van der Waals surface area contributed by atoms with Gasteiger partial charge in [-0.05, 0) is 45.4 Å². The Balaban J connectivity index is 2.09. The van der Waals surface area contributed by atoms with E-state index in [2.05, 4.69) is 10.5 Å². The smallest absolute Gasteiger partial charge is 0.227 e. The first-order chi connectivity index (χ1) is 9.90.